The van der Waals surface area contributed by atoms with Crippen molar-refractivity contribution in [3.63, 3.8) is 0 Å². The first-order valence-corrected chi connectivity index (χ1v) is 13.3. The molecule has 0 aliphatic carbocycles. The van der Waals surface area contributed by atoms with Crippen molar-refractivity contribution in [3.8, 4) is 5.75 Å². The third kappa shape index (κ3) is 4.61. The molecule has 2 saturated heterocycles. The molecule has 1 aromatic heterocycles. The molecule has 2 atom stereocenters. The molecule has 2 aliphatic rings. The molecule has 12 heteroatoms. The Morgan fingerprint density at radius 2 is 1.97 bits per heavy atom. The highest BCUT2D eigenvalue weighted by Gasteiger charge is 2.52. The van der Waals surface area contributed by atoms with Crippen LogP contribution in [0.5, 0.6) is 5.75 Å². The number of anilines is 1. The van der Waals surface area contributed by atoms with Crippen molar-refractivity contribution in [1.82, 2.24) is 30.1 Å². The predicted octanol–water partition coefficient (Wildman–Crippen LogP) is 1.97. The van der Waals surface area contributed by atoms with Crippen LogP contribution in [0.15, 0.2) is 42.5 Å². The van der Waals surface area contributed by atoms with E-state index in [2.05, 4.69) is 10.3 Å². The van der Waals surface area contributed by atoms with Crippen molar-refractivity contribution < 1.29 is 19.5 Å². The van der Waals surface area contributed by atoms with Crippen LogP contribution >= 0.6 is 11.3 Å². The van der Waals surface area contributed by atoms with E-state index in [1.165, 1.54) is 11.3 Å². The zero-order valence-corrected chi connectivity index (χ0v) is 22.3. The zero-order valence-electron chi connectivity index (χ0n) is 21.5. The van der Waals surface area contributed by atoms with Crippen molar-refractivity contribution in [1.29, 1.82) is 0 Å². The molecule has 4 amide bonds. The largest absolute Gasteiger partial charge is 0.508 e. The molecule has 2 fully saturated rings. The van der Waals surface area contributed by atoms with Gasteiger partial charge in [-0.05, 0) is 43.2 Å². The molecule has 2 aliphatic heterocycles. The summed E-state index contributed by atoms with van der Waals surface area (Å²) in [5.41, 5.74) is 8.40. The number of nitrogen functional groups attached to an aromatic ring is 1. The molecule has 2 aromatic carbocycles. The van der Waals surface area contributed by atoms with E-state index in [1.807, 2.05) is 32.0 Å². The Labute approximate surface area is 224 Å². The maximum Gasteiger partial charge on any atom is 0.331 e. The average molecular weight is 538 g/mol. The predicted molar refractivity (Wildman–Crippen MR) is 144 cm³/mol. The Morgan fingerprint density at radius 1 is 1.24 bits per heavy atom. The number of phenolic OH excluding ortho intramolecular Hbond substituents is 1. The molecule has 0 unspecified atom stereocenters. The highest BCUT2D eigenvalue weighted by molar-refractivity contribution is 7.22. The maximum absolute atomic E-state index is 14.0. The number of hydrogen-bond acceptors (Lipinski definition) is 8. The number of hydrazine groups is 1. The Balaban J connectivity index is 1.53. The number of rotatable bonds is 6. The molecule has 3 aromatic rings. The van der Waals surface area contributed by atoms with Crippen LogP contribution in [-0.2, 0) is 22.6 Å². The quantitative estimate of drug-likeness (QED) is 0.438. The third-order valence-corrected chi connectivity index (χ3v) is 7.85. The lowest BCUT2D eigenvalue weighted by Gasteiger charge is -2.47. The van der Waals surface area contributed by atoms with Crippen molar-refractivity contribution >= 4 is 44.5 Å². The van der Waals surface area contributed by atoms with Gasteiger partial charge in [0.1, 0.15) is 18.0 Å². The van der Waals surface area contributed by atoms with Gasteiger partial charge >= 0.3 is 6.03 Å². The van der Waals surface area contributed by atoms with Crippen LogP contribution in [0.2, 0.25) is 0 Å². The number of nitrogens with one attached hydrogen (secondary N) is 1. The monoisotopic (exact) mass is 537 g/mol. The van der Waals surface area contributed by atoms with Crippen molar-refractivity contribution in [2.75, 3.05) is 25.9 Å². The second-order valence-electron chi connectivity index (χ2n) is 9.79. The normalized spacial score (nSPS) is 19.9. The van der Waals surface area contributed by atoms with E-state index in [0.29, 0.717) is 11.7 Å². The smallest absolute Gasteiger partial charge is 0.331 e. The van der Waals surface area contributed by atoms with Crippen LogP contribution in [0.1, 0.15) is 25.0 Å². The summed E-state index contributed by atoms with van der Waals surface area (Å²) in [6, 6.07) is 11.1. The number of urea groups is 1. The summed E-state index contributed by atoms with van der Waals surface area (Å²) in [6.45, 7) is 4.28. The van der Waals surface area contributed by atoms with Crippen LogP contribution in [0.4, 0.5) is 9.93 Å². The standard InChI is InChI=1S/C26H31N7O4S/c1-15(2)33(26(37)28-3)31-14-22(35)32-19(11-16-7-9-18(34)10-8-16)24(36)30(13-21(31)32)12-17-5-4-6-20-23(17)29-25(27)38-20/h4-10,15,19,21,34H,11-14H2,1-3H3,(H2,27,29)(H,28,37)/t19-,21+/m0/s1. The van der Waals surface area contributed by atoms with Crippen LogP contribution < -0.4 is 11.1 Å². The summed E-state index contributed by atoms with van der Waals surface area (Å²) in [5.74, 6) is -0.267. The third-order valence-electron chi connectivity index (χ3n) is 7.00. The van der Waals surface area contributed by atoms with Gasteiger partial charge in [0.05, 0.1) is 23.3 Å². The number of para-hydroxylation sites is 1. The van der Waals surface area contributed by atoms with Gasteiger partial charge in [-0.1, -0.05) is 35.6 Å². The summed E-state index contributed by atoms with van der Waals surface area (Å²) in [6.07, 6.45) is -0.247. The SMILES string of the molecule is CNC(=O)N(C(C)C)N1CC(=O)N2[C@@H](Cc3ccc(O)cc3)C(=O)N(Cc3cccc4sc(N)nc34)C[C@@H]21. The van der Waals surface area contributed by atoms with Gasteiger partial charge in [-0.3, -0.25) is 14.6 Å². The minimum Gasteiger partial charge on any atom is -0.508 e. The number of amides is 4. The van der Waals surface area contributed by atoms with E-state index in [4.69, 9.17) is 5.73 Å². The van der Waals surface area contributed by atoms with Gasteiger partial charge in [-0.2, -0.15) is 5.01 Å². The number of nitrogens with zero attached hydrogens (tertiary/aromatic N) is 5. The van der Waals surface area contributed by atoms with Gasteiger partial charge in [0.15, 0.2) is 5.13 Å². The second kappa shape index (κ2) is 10.1. The molecule has 38 heavy (non-hydrogen) atoms. The fourth-order valence-corrected chi connectivity index (χ4v) is 6.12. The van der Waals surface area contributed by atoms with Gasteiger partial charge < -0.3 is 26.0 Å². The van der Waals surface area contributed by atoms with Crippen molar-refractivity contribution in [2.45, 2.75) is 45.1 Å². The number of carbonyl (C=O) groups is 3. The summed E-state index contributed by atoms with van der Waals surface area (Å²) in [5, 5.41) is 16.2. The summed E-state index contributed by atoms with van der Waals surface area (Å²) < 4.78 is 0.940. The van der Waals surface area contributed by atoms with Gasteiger partial charge in [0.2, 0.25) is 11.8 Å². The van der Waals surface area contributed by atoms with Crippen molar-refractivity contribution in [2.24, 2.45) is 0 Å². The fraction of sp³-hybridized carbons (Fsp3) is 0.385. The van der Waals surface area contributed by atoms with E-state index >= 15 is 0 Å². The molecular formula is C26H31N7O4S. The number of benzene rings is 2. The van der Waals surface area contributed by atoms with E-state index in [1.54, 1.807) is 51.1 Å². The minimum absolute atomic E-state index is 0.0122. The van der Waals surface area contributed by atoms with E-state index in [0.717, 1.165) is 21.3 Å². The van der Waals surface area contributed by atoms with E-state index in [-0.39, 0.29) is 49.1 Å². The van der Waals surface area contributed by atoms with Gasteiger partial charge in [-0.25, -0.2) is 9.78 Å². The first-order chi connectivity index (χ1) is 18.2. The number of fused-ring (bicyclic) bond motifs is 2. The average Bonchev–Trinajstić information content (AvgIpc) is 3.42. The summed E-state index contributed by atoms with van der Waals surface area (Å²) in [7, 11) is 1.55. The number of thiazole rings is 1. The van der Waals surface area contributed by atoms with Crippen molar-refractivity contribution in [3.05, 3.63) is 53.6 Å². The van der Waals surface area contributed by atoms with Crippen LogP contribution in [0.25, 0.3) is 10.2 Å². The number of hydrogen-bond donors (Lipinski definition) is 3. The summed E-state index contributed by atoms with van der Waals surface area (Å²) >= 11 is 1.39. The Kier molecular flexibility index (Phi) is 6.84. The first-order valence-electron chi connectivity index (χ1n) is 12.5. The number of aromatic nitrogens is 1. The highest BCUT2D eigenvalue weighted by Crippen LogP contribution is 2.33. The fourth-order valence-electron chi connectivity index (χ4n) is 5.34. The lowest BCUT2D eigenvalue weighted by atomic mass is 9.99. The number of piperazine rings is 1. The zero-order chi connectivity index (χ0) is 27.1. The Bertz CT molecular complexity index is 1380. The van der Waals surface area contributed by atoms with Gasteiger partial charge in [-0.15, -0.1) is 0 Å². The van der Waals surface area contributed by atoms with Crippen LogP contribution in [0, 0.1) is 0 Å². The van der Waals surface area contributed by atoms with E-state index in [9.17, 15) is 19.5 Å². The topological polar surface area (TPSA) is 135 Å². The Hall–Kier alpha value is -3.90. The highest BCUT2D eigenvalue weighted by atomic mass is 32.1. The minimum atomic E-state index is -0.769. The molecule has 200 valence electrons. The molecule has 0 spiro atoms. The van der Waals surface area contributed by atoms with Gasteiger partial charge in [0.25, 0.3) is 0 Å². The Morgan fingerprint density at radius 3 is 2.66 bits per heavy atom. The molecule has 0 bridgehead atoms. The van der Waals surface area contributed by atoms with Crippen LogP contribution in [0.3, 0.4) is 0 Å². The second-order valence-corrected chi connectivity index (χ2v) is 10.9. The van der Waals surface area contributed by atoms with Gasteiger partial charge in [0, 0.05) is 26.1 Å². The lowest BCUT2D eigenvalue weighted by Crippen LogP contribution is -2.66. The first kappa shape index (κ1) is 25.7. The molecule has 11 nitrogen and oxygen atoms in total. The van der Waals surface area contributed by atoms with Crippen LogP contribution in [-0.4, -0.2) is 86.1 Å². The number of nitrogens with two attached hydrogens (primary N) is 1. The number of phenols is 1. The number of aromatic hydroxyl groups is 1. The molecule has 3 heterocycles. The lowest BCUT2D eigenvalue weighted by molar-refractivity contribution is -0.158. The maximum atomic E-state index is 14.0. The molecule has 4 N–H and O–H groups in total. The van der Waals surface area contributed by atoms with E-state index < -0.39 is 12.2 Å². The molecular weight excluding hydrogens is 506 g/mol. The molecule has 0 radical (unpaired) electrons. The molecule has 0 saturated carbocycles. The number of carbonyl (C=O) groups excluding carboxylic acids is 3. The molecule has 5 rings (SSSR count). The summed E-state index contributed by atoms with van der Waals surface area (Å²) in [4.78, 5) is 48.0.